The number of carbonyl (C=O) groups is 1. The molecule has 2 heterocycles. The Morgan fingerprint density at radius 1 is 1.26 bits per heavy atom. The van der Waals surface area contributed by atoms with Gasteiger partial charge in [0.15, 0.2) is 5.65 Å². The fourth-order valence-electron chi connectivity index (χ4n) is 3.10. The molecule has 0 spiro atoms. The van der Waals surface area contributed by atoms with Crippen LogP contribution >= 0.6 is 15.9 Å². The molecule has 11 heteroatoms. The van der Waals surface area contributed by atoms with Crippen molar-refractivity contribution >= 4 is 44.2 Å². The highest BCUT2D eigenvalue weighted by Gasteiger charge is 2.19. The van der Waals surface area contributed by atoms with E-state index in [2.05, 4.69) is 31.3 Å². The van der Waals surface area contributed by atoms with E-state index in [0.29, 0.717) is 5.69 Å². The van der Waals surface area contributed by atoms with Crippen LogP contribution in [0.1, 0.15) is 5.56 Å². The average molecular weight is 483 g/mol. The van der Waals surface area contributed by atoms with Gasteiger partial charge in [0.1, 0.15) is 23.9 Å². The van der Waals surface area contributed by atoms with Crippen molar-refractivity contribution in [2.24, 2.45) is 0 Å². The van der Waals surface area contributed by atoms with E-state index in [4.69, 9.17) is 0 Å². The van der Waals surface area contributed by atoms with Gasteiger partial charge in [-0.2, -0.15) is 5.10 Å². The van der Waals surface area contributed by atoms with Gasteiger partial charge in [0.05, 0.1) is 16.8 Å². The third-order valence-corrected chi connectivity index (χ3v) is 5.23. The number of benzene rings is 2. The van der Waals surface area contributed by atoms with E-state index >= 15 is 0 Å². The standard InChI is InChI=1S/C20H15BrN6O4/c1-12-6-7-15(14(21)8-12)24-18(28)10-25-11-22-19-13(20(25)29)9-23-26(19)16-4-2-3-5-17(16)27(30)31/h2-9,11H,10H2,1H3,(H,24,28). The van der Waals surface area contributed by atoms with Gasteiger partial charge in [-0.3, -0.25) is 24.3 Å². The number of hydrogen-bond donors (Lipinski definition) is 1. The predicted molar refractivity (Wildman–Crippen MR) is 117 cm³/mol. The number of para-hydroxylation sites is 2. The van der Waals surface area contributed by atoms with Crippen LogP contribution in [-0.2, 0) is 11.3 Å². The summed E-state index contributed by atoms with van der Waals surface area (Å²) in [5.41, 5.74) is 1.33. The maximum Gasteiger partial charge on any atom is 0.294 e. The molecule has 0 aliphatic rings. The number of aryl methyl sites for hydroxylation is 1. The molecule has 0 saturated carbocycles. The number of fused-ring (bicyclic) bond motifs is 1. The van der Waals surface area contributed by atoms with Crippen LogP contribution in [0, 0.1) is 17.0 Å². The molecular weight excluding hydrogens is 468 g/mol. The van der Waals surface area contributed by atoms with Crippen LogP contribution in [0.15, 0.2) is 64.3 Å². The second kappa shape index (κ2) is 8.11. The molecule has 1 N–H and O–H groups in total. The fraction of sp³-hybridized carbons (Fsp3) is 0.100. The minimum absolute atomic E-state index is 0.143. The molecule has 0 atom stereocenters. The number of anilines is 1. The van der Waals surface area contributed by atoms with Gasteiger partial charge in [-0.05, 0) is 46.6 Å². The molecule has 10 nitrogen and oxygen atoms in total. The Labute approximate surface area is 183 Å². The largest absolute Gasteiger partial charge is 0.324 e. The number of nitro groups is 1. The number of aromatic nitrogens is 4. The number of nitrogens with zero attached hydrogens (tertiary/aromatic N) is 5. The van der Waals surface area contributed by atoms with Crippen LogP contribution in [0.2, 0.25) is 0 Å². The Hall–Kier alpha value is -3.86. The van der Waals surface area contributed by atoms with Crippen LogP contribution in [0.3, 0.4) is 0 Å². The van der Waals surface area contributed by atoms with Gasteiger partial charge in [-0.1, -0.05) is 18.2 Å². The van der Waals surface area contributed by atoms with Crippen LogP contribution in [0.25, 0.3) is 16.7 Å². The van der Waals surface area contributed by atoms with E-state index in [0.717, 1.165) is 14.6 Å². The number of hydrogen-bond acceptors (Lipinski definition) is 6. The Morgan fingerprint density at radius 2 is 2.03 bits per heavy atom. The number of nitro benzene ring substituents is 1. The zero-order chi connectivity index (χ0) is 22.1. The van der Waals surface area contributed by atoms with Crippen LogP contribution in [0.4, 0.5) is 11.4 Å². The van der Waals surface area contributed by atoms with E-state index in [1.165, 1.54) is 29.3 Å². The van der Waals surface area contributed by atoms with Crippen LogP contribution < -0.4 is 10.9 Å². The minimum Gasteiger partial charge on any atom is -0.324 e. The van der Waals surface area contributed by atoms with Crippen LogP contribution in [0.5, 0.6) is 0 Å². The Morgan fingerprint density at radius 3 is 2.77 bits per heavy atom. The lowest BCUT2D eigenvalue weighted by Crippen LogP contribution is -2.28. The second-order valence-electron chi connectivity index (χ2n) is 6.75. The number of carbonyl (C=O) groups excluding carboxylic acids is 1. The second-order valence-corrected chi connectivity index (χ2v) is 7.60. The fourth-order valence-corrected chi connectivity index (χ4v) is 3.69. The lowest BCUT2D eigenvalue weighted by molar-refractivity contribution is -0.384. The predicted octanol–water partition coefficient (Wildman–Crippen LogP) is 3.20. The van der Waals surface area contributed by atoms with Crippen LogP contribution in [-0.4, -0.2) is 30.2 Å². The summed E-state index contributed by atoms with van der Waals surface area (Å²) in [5, 5.41) is 18.3. The molecule has 156 valence electrons. The summed E-state index contributed by atoms with van der Waals surface area (Å²) in [4.78, 5) is 40.3. The lowest BCUT2D eigenvalue weighted by atomic mass is 10.2. The van der Waals surface area contributed by atoms with Crippen molar-refractivity contribution < 1.29 is 9.72 Å². The summed E-state index contributed by atoms with van der Waals surface area (Å²) in [7, 11) is 0. The first-order valence-electron chi connectivity index (χ1n) is 9.08. The summed E-state index contributed by atoms with van der Waals surface area (Å²) >= 11 is 3.39. The van der Waals surface area contributed by atoms with Gasteiger partial charge in [-0.25, -0.2) is 9.67 Å². The Balaban J connectivity index is 1.65. The molecule has 0 fully saturated rings. The van der Waals surface area contributed by atoms with Crippen molar-refractivity contribution in [3.05, 3.63) is 85.5 Å². The number of nitrogens with one attached hydrogen (secondary N) is 1. The Kier molecular flexibility index (Phi) is 5.34. The molecule has 1 amide bonds. The van der Waals surface area contributed by atoms with E-state index in [9.17, 15) is 19.7 Å². The van der Waals surface area contributed by atoms with E-state index < -0.39 is 16.4 Å². The minimum atomic E-state index is -0.530. The van der Waals surface area contributed by atoms with Crippen molar-refractivity contribution in [3.8, 4) is 5.69 Å². The van der Waals surface area contributed by atoms with Crippen molar-refractivity contribution in [3.63, 3.8) is 0 Å². The molecule has 2 aromatic carbocycles. The summed E-state index contributed by atoms with van der Waals surface area (Å²) < 4.78 is 3.13. The van der Waals surface area contributed by atoms with E-state index in [1.54, 1.807) is 18.2 Å². The number of halogens is 1. The lowest BCUT2D eigenvalue weighted by Gasteiger charge is -2.09. The molecule has 0 aliphatic heterocycles. The molecule has 4 rings (SSSR count). The molecular formula is C20H15BrN6O4. The summed E-state index contributed by atoms with van der Waals surface area (Å²) in [6.45, 7) is 1.68. The highest BCUT2D eigenvalue weighted by atomic mass is 79.9. The molecule has 0 aliphatic carbocycles. The van der Waals surface area contributed by atoms with Gasteiger partial charge < -0.3 is 5.32 Å². The van der Waals surface area contributed by atoms with E-state index in [1.807, 2.05) is 19.1 Å². The zero-order valence-corrected chi connectivity index (χ0v) is 17.7. The normalized spacial score (nSPS) is 10.9. The highest BCUT2D eigenvalue weighted by Crippen LogP contribution is 2.24. The molecule has 0 unspecified atom stereocenters. The first kappa shape index (κ1) is 20.4. The molecule has 4 aromatic rings. The zero-order valence-electron chi connectivity index (χ0n) is 16.2. The maximum absolute atomic E-state index is 12.8. The molecule has 0 radical (unpaired) electrons. The van der Waals surface area contributed by atoms with Gasteiger partial charge in [0, 0.05) is 10.5 Å². The van der Waals surface area contributed by atoms with Crippen molar-refractivity contribution in [2.45, 2.75) is 13.5 Å². The first-order chi connectivity index (χ1) is 14.8. The monoisotopic (exact) mass is 482 g/mol. The molecule has 31 heavy (non-hydrogen) atoms. The summed E-state index contributed by atoms with van der Waals surface area (Å²) in [6, 6.07) is 11.5. The smallest absolute Gasteiger partial charge is 0.294 e. The quantitative estimate of drug-likeness (QED) is 0.343. The third-order valence-electron chi connectivity index (χ3n) is 4.57. The van der Waals surface area contributed by atoms with Crippen molar-refractivity contribution in [2.75, 3.05) is 5.32 Å². The molecule has 0 saturated heterocycles. The SMILES string of the molecule is Cc1ccc(NC(=O)Cn2cnc3c(cnn3-c3ccccc3[N+](=O)[O-])c2=O)c(Br)c1. The number of amides is 1. The number of rotatable bonds is 5. The van der Waals surface area contributed by atoms with Crippen molar-refractivity contribution in [1.29, 1.82) is 0 Å². The third kappa shape index (κ3) is 3.94. The van der Waals surface area contributed by atoms with Gasteiger partial charge >= 0.3 is 0 Å². The van der Waals surface area contributed by atoms with Gasteiger partial charge in [0.25, 0.3) is 11.2 Å². The summed E-state index contributed by atoms with van der Waals surface area (Å²) in [6.07, 6.45) is 2.51. The average Bonchev–Trinajstić information content (AvgIpc) is 3.17. The molecule has 0 bridgehead atoms. The first-order valence-corrected chi connectivity index (χ1v) is 9.87. The Bertz CT molecular complexity index is 1390. The van der Waals surface area contributed by atoms with Crippen molar-refractivity contribution in [1.82, 2.24) is 19.3 Å². The summed E-state index contributed by atoms with van der Waals surface area (Å²) in [5.74, 6) is -0.404. The molecule has 2 aromatic heterocycles. The van der Waals surface area contributed by atoms with Gasteiger partial charge in [0.2, 0.25) is 5.91 Å². The maximum atomic E-state index is 12.8. The van der Waals surface area contributed by atoms with Gasteiger partial charge in [-0.15, -0.1) is 0 Å². The van der Waals surface area contributed by atoms with E-state index in [-0.39, 0.29) is 29.0 Å². The topological polar surface area (TPSA) is 125 Å². The highest BCUT2D eigenvalue weighted by molar-refractivity contribution is 9.10.